The van der Waals surface area contributed by atoms with E-state index in [1.165, 1.54) is 0 Å². The quantitative estimate of drug-likeness (QED) is 0.250. The lowest BCUT2D eigenvalue weighted by Gasteiger charge is -1.83. The minimum atomic E-state index is -1.71. The number of ether oxygens (including phenoxy) is 1. The van der Waals surface area contributed by atoms with Crippen molar-refractivity contribution in [3.05, 3.63) is 12.7 Å². The first-order valence-electron chi connectivity index (χ1n) is 2.20. The Morgan fingerprint density at radius 3 is 2.78 bits per heavy atom. The second kappa shape index (κ2) is 2.25. The minimum Gasteiger partial charge on any atom is -0.385 e. The van der Waals surface area contributed by atoms with Gasteiger partial charge in [-0.15, -0.1) is 0 Å². The van der Waals surface area contributed by atoms with Crippen molar-refractivity contribution < 1.29 is 18.6 Å². The Bertz CT molecular complexity index is 175. The minimum absolute atomic E-state index is 0.610. The molecule has 1 fully saturated rings. The molecule has 0 aromatic heterocycles. The first kappa shape index (κ1) is 6.39. The molecule has 0 spiro atoms. The lowest BCUT2D eigenvalue weighted by Crippen LogP contribution is -2.00. The molecule has 2 unspecified atom stereocenters. The van der Waals surface area contributed by atoms with E-state index in [2.05, 4.69) is 15.8 Å². The van der Waals surface area contributed by atoms with Gasteiger partial charge in [0.15, 0.2) is 0 Å². The zero-order valence-electron chi connectivity index (χ0n) is 4.44. The van der Waals surface area contributed by atoms with Crippen LogP contribution in [0, 0.1) is 0 Å². The van der Waals surface area contributed by atoms with Crippen LogP contribution in [0.1, 0.15) is 0 Å². The molecule has 0 aromatic carbocycles. The van der Waals surface area contributed by atoms with Crippen LogP contribution in [-0.4, -0.2) is 12.0 Å². The number of rotatable bonds is 2. The molecule has 1 aliphatic rings. The van der Waals surface area contributed by atoms with Crippen molar-refractivity contribution in [2.24, 2.45) is 0 Å². The molecule has 0 N–H and O–H groups in total. The van der Waals surface area contributed by atoms with Gasteiger partial charge in [-0.1, -0.05) is 6.58 Å². The molecule has 0 saturated carbocycles. The topological polar surface area (TPSA) is 55.9 Å². The Labute approximate surface area is 52.3 Å². The third-order valence-electron chi connectivity index (χ3n) is 0.704. The van der Waals surface area contributed by atoms with Crippen LogP contribution >= 0.6 is 8.03 Å². The maximum atomic E-state index is 10.3. The molecule has 1 aliphatic heterocycles. The number of hydrogen-bond acceptors (Lipinski definition) is 4. The third kappa shape index (κ3) is 1.59. The summed E-state index contributed by atoms with van der Waals surface area (Å²) in [4.78, 5) is 10.3. The zero-order chi connectivity index (χ0) is 6.85. The number of esters is 1. The van der Waals surface area contributed by atoms with Gasteiger partial charge in [-0.25, -0.2) is 4.79 Å². The summed E-state index contributed by atoms with van der Waals surface area (Å²) in [6.45, 7) is 3.14. The van der Waals surface area contributed by atoms with Gasteiger partial charge in [0.25, 0.3) is 0 Å². The van der Waals surface area contributed by atoms with Gasteiger partial charge in [-0.05, 0) is 9.09 Å². The standard InChI is InChI=1S/C4H4O4P/c1-2-3(5)7-4-8-9(4)6/h2,4H,1H2/q+1. The Morgan fingerprint density at radius 2 is 2.44 bits per heavy atom. The molecule has 4 nitrogen and oxygen atoms in total. The van der Waals surface area contributed by atoms with Crippen molar-refractivity contribution in [3.63, 3.8) is 0 Å². The summed E-state index contributed by atoms with van der Waals surface area (Å²) in [6, 6.07) is -0.814. The van der Waals surface area contributed by atoms with Gasteiger partial charge in [-0.3, -0.25) is 0 Å². The highest BCUT2D eigenvalue weighted by Gasteiger charge is 2.60. The van der Waals surface area contributed by atoms with Gasteiger partial charge in [0, 0.05) is 6.08 Å². The van der Waals surface area contributed by atoms with Crippen LogP contribution in [-0.2, 0) is 18.6 Å². The Balaban J connectivity index is 2.27. The molecule has 9 heavy (non-hydrogen) atoms. The van der Waals surface area contributed by atoms with Crippen molar-refractivity contribution in [1.82, 2.24) is 0 Å². The second-order valence-electron chi connectivity index (χ2n) is 1.34. The Morgan fingerprint density at radius 1 is 1.89 bits per heavy atom. The van der Waals surface area contributed by atoms with E-state index in [1.54, 1.807) is 0 Å². The third-order valence-corrected chi connectivity index (χ3v) is 1.45. The molecule has 0 aliphatic carbocycles. The first-order chi connectivity index (χ1) is 4.24. The lowest BCUT2D eigenvalue weighted by atomic mass is 10.7. The molecular formula is C4H4O4P+. The van der Waals surface area contributed by atoms with E-state index in [0.29, 0.717) is 0 Å². The van der Waals surface area contributed by atoms with Gasteiger partial charge in [-0.2, -0.15) is 0 Å². The van der Waals surface area contributed by atoms with E-state index in [0.717, 1.165) is 6.08 Å². The molecular weight excluding hydrogens is 143 g/mol. The van der Waals surface area contributed by atoms with E-state index < -0.39 is 20.0 Å². The van der Waals surface area contributed by atoms with Crippen molar-refractivity contribution in [2.45, 2.75) is 6.03 Å². The van der Waals surface area contributed by atoms with Crippen LogP contribution in [0.2, 0.25) is 0 Å². The van der Waals surface area contributed by atoms with Crippen LogP contribution in [0.4, 0.5) is 0 Å². The van der Waals surface area contributed by atoms with Crippen LogP contribution in [0.25, 0.3) is 0 Å². The normalized spacial score (nSPS) is 27.1. The summed E-state index contributed by atoms with van der Waals surface area (Å²) < 4.78 is 18.8. The fourth-order valence-corrected chi connectivity index (χ4v) is 0.745. The van der Waals surface area contributed by atoms with Crippen molar-refractivity contribution >= 4 is 14.0 Å². The molecule has 0 radical (unpaired) electrons. The predicted molar refractivity (Wildman–Crippen MR) is 28.8 cm³/mol. The van der Waals surface area contributed by atoms with Crippen molar-refractivity contribution in [1.29, 1.82) is 0 Å². The van der Waals surface area contributed by atoms with Crippen LogP contribution in [0.5, 0.6) is 0 Å². The summed E-state index contributed by atoms with van der Waals surface area (Å²) in [5.41, 5.74) is 0. The van der Waals surface area contributed by atoms with Crippen LogP contribution in [0.3, 0.4) is 0 Å². The number of hydrogen-bond donors (Lipinski definition) is 0. The van der Waals surface area contributed by atoms with Gasteiger partial charge < -0.3 is 4.74 Å². The maximum Gasteiger partial charge on any atom is 0.598 e. The summed E-state index contributed by atoms with van der Waals surface area (Å²) in [6.07, 6.45) is 0.991. The fraction of sp³-hybridized carbons (Fsp3) is 0.250. The average Bonchev–Trinajstić information content (AvgIpc) is 2.47. The molecule has 0 amide bonds. The second-order valence-corrected chi connectivity index (χ2v) is 2.54. The molecule has 1 saturated heterocycles. The van der Waals surface area contributed by atoms with Crippen molar-refractivity contribution in [2.75, 3.05) is 0 Å². The highest BCUT2D eigenvalue weighted by Crippen LogP contribution is 2.50. The van der Waals surface area contributed by atoms with Crippen molar-refractivity contribution in [3.8, 4) is 0 Å². The predicted octanol–water partition coefficient (Wildman–Crippen LogP) is 0.772. The van der Waals surface area contributed by atoms with Crippen LogP contribution < -0.4 is 0 Å². The SMILES string of the molecule is C=CC(=O)OC1O[P+]1=O. The summed E-state index contributed by atoms with van der Waals surface area (Å²) in [7, 11) is -1.71. The molecule has 0 aromatic rings. The van der Waals surface area contributed by atoms with Gasteiger partial charge in [0.2, 0.25) is 0 Å². The lowest BCUT2D eigenvalue weighted by molar-refractivity contribution is -0.142. The monoisotopic (exact) mass is 147 g/mol. The molecule has 1 heterocycles. The smallest absolute Gasteiger partial charge is 0.385 e. The molecule has 5 heteroatoms. The summed E-state index contributed by atoms with van der Waals surface area (Å²) in [5, 5.41) is 0. The molecule has 0 bridgehead atoms. The van der Waals surface area contributed by atoms with E-state index in [4.69, 9.17) is 0 Å². The van der Waals surface area contributed by atoms with Crippen LogP contribution in [0.15, 0.2) is 12.7 Å². The number of carbonyl (C=O) groups is 1. The largest absolute Gasteiger partial charge is 0.598 e. The van der Waals surface area contributed by atoms with E-state index in [9.17, 15) is 9.36 Å². The van der Waals surface area contributed by atoms with E-state index in [1.807, 2.05) is 0 Å². The maximum absolute atomic E-state index is 10.3. The molecule has 1 rings (SSSR count). The first-order valence-corrected chi connectivity index (χ1v) is 3.45. The van der Waals surface area contributed by atoms with Gasteiger partial charge in [0.1, 0.15) is 0 Å². The zero-order valence-corrected chi connectivity index (χ0v) is 5.34. The van der Waals surface area contributed by atoms with E-state index in [-0.39, 0.29) is 0 Å². The number of carbonyl (C=O) groups excluding carboxylic acids is 1. The summed E-state index contributed by atoms with van der Waals surface area (Å²) in [5.74, 6) is -0.610. The highest BCUT2D eigenvalue weighted by molar-refractivity contribution is 7.46. The molecule has 48 valence electrons. The van der Waals surface area contributed by atoms with E-state index >= 15 is 0 Å². The Kier molecular flexibility index (Phi) is 1.60. The van der Waals surface area contributed by atoms with Gasteiger partial charge >= 0.3 is 20.0 Å². The molecule has 2 atom stereocenters. The van der Waals surface area contributed by atoms with Gasteiger partial charge in [0.05, 0.1) is 0 Å². The summed E-state index contributed by atoms with van der Waals surface area (Å²) >= 11 is 0. The highest BCUT2D eigenvalue weighted by atomic mass is 31.1. The average molecular weight is 147 g/mol. The fourth-order valence-electron chi connectivity index (χ4n) is 0.274. The Hall–Kier alpha value is -0.730.